The predicted octanol–water partition coefficient (Wildman–Crippen LogP) is 3.68. The molecule has 132 valence electrons. The predicted molar refractivity (Wildman–Crippen MR) is 88.6 cm³/mol. The van der Waals surface area contributed by atoms with Crippen molar-refractivity contribution in [2.24, 2.45) is 5.92 Å². The number of carbonyl (C=O) groups excluding carboxylic acids is 1. The molecular weight excluding hydrogens is 341 g/mol. The number of likely N-dealkylation sites (tertiary alicyclic amines) is 1. The normalized spacial score (nSPS) is 18.2. The van der Waals surface area contributed by atoms with E-state index in [-0.39, 0.29) is 11.9 Å². The first kappa shape index (κ1) is 18.5. The lowest BCUT2D eigenvalue weighted by Gasteiger charge is -2.33. The maximum atomic E-state index is 12.6. The van der Waals surface area contributed by atoms with Crippen LogP contribution in [0.5, 0.6) is 0 Å². The van der Waals surface area contributed by atoms with Gasteiger partial charge in [-0.3, -0.25) is 4.79 Å². The number of carbonyl (C=O) groups is 1. The maximum Gasteiger partial charge on any atom is 0.416 e. The summed E-state index contributed by atoms with van der Waals surface area (Å²) in [6, 6.07) is 4.68. The van der Waals surface area contributed by atoms with Crippen LogP contribution in [0.25, 0.3) is 0 Å². The van der Waals surface area contributed by atoms with Crippen LogP contribution in [0.2, 0.25) is 0 Å². The monoisotopic (exact) mass is 360 g/mol. The Morgan fingerprint density at radius 2 is 2.04 bits per heavy atom. The molecule has 0 aliphatic carbocycles. The van der Waals surface area contributed by atoms with Crippen LogP contribution in [0.1, 0.15) is 25.3 Å². The SMILES string of the molecule is CCOC(=O)[C@@H]1CCCN(C(=S)Nc2ccc(C(F)(F)F)cc2)C1. The summed E-state index contributed by atoms with van der Waals surface area (Å²) in [5, 5.41) is 3.31. The molecule has 0 radical (unpaired) electrons. The van der Waals surface area contributed by atoms with Gasteiger partial charge in [-0.1, -0.05) is 0 Å². The third-order valence-electron chi connectivity index (χ3n) is 3.79. The number of alkyl halides is 3. The molecule has 0 amide bonds. The number of benzene rings is 1. The third kappa shape index (κ3) is 4.83. The van der Waals surface area contributed by atoms with Gasteiger partial charge in [-0.15, -0.1) is 0 Å². The van der Waals surface area contributed by atoms with E-state index >= 15 is 0 Å². The van der Waals surface area contributed by atoms with Crippen molar-refractivity contribution in [2.45, 2.75) is 25.9 Å². The van der Waals surface area contributed by atoms with Gasteiger partial charge in [0.25, 0.3) is 0 Å². The summed E-state index contributed by atoms with van der Waals surface area (Å²) in [4.78, 5) is 13.7. The Labute approximate surface area is 144 Å². The van der Waals surface area contributed by atoms with E-state index in [1.165, 1.54) is 12.1 Å². The number of nitrogens with zero attached hydrogens (tertiary/aromatic N) is 1. The van der Waals surface area contributed by atoms with Gasteiger partial charge in [0.05, 0.1) is 18.1 Å². The average Bonchev–Trinajstić information content (AvgIpc) is 2.55. The molecule has 0 aromatic heterocycles. The summed E-state index contributed by atoms with van der Waals surface area (Å²) < 4.78 is 42.7. The number of hydrogen-bond acceptors (Lipinski definition) is 3. The van der Waals surface area contributed by atoms with Crippen LogP contribution in [-0.4, -0.2) is 35.7 Å². The Hall–Kier alpha value is -1.83. The summed E-state index contributed by atoms with van der Waals surface area (Å²) in [5.41, 5.74) is -0.231. The molecule has 1 saturated heterocycles. The van der Waals surface area contributed by atoms with E-state index < -0.39 is 11.7 Å². The zero-order chi connectivity index (χ0) is 17.7. The van der Waals surface area contributed by atoms with Crippen LogP contribution >= 0.6 is 12.2 Å². The largest absolute Gasteiger partial charge is 0.466 e. The standard InChI is InChI=1S/C16H19F3N2O2S/c1-2-23-14(22)11-4-3-9-21(10-11)15(24)20-13-7-5-12(6-8-13)16(17,18)19/h5-8,11H,2-4,9-10H2,1H3,(H,20,24)/t11-/m1/s1. The van der Waals surface area contributed by atoms with Gasteiger partial charge < -0.3 is 15.0 Å². The quantitative estimate of drug-likeness (QED) is 0.658. The zero-order valence-corrected chi connectivity index (χ0v) is 14.0. The Bertz CT molecular complexity index is 590. The number of ether oxygens (including phenoxy) is 1. The number of esters is 1. The number of nitrogens with one attached hydrogen (secondary N) is 1. The Kier molecular flexibility index (Phi) is 6.04. The maximum absolute atomic E-state index is 12.6. The molecule has 24 heavy (non-hydrogen) atoms. The highest BCUT2D eigenvalue weighted by molar-refractivity contribution is 7.80. The van der Waals surface area contributed by atoms with E-state index in [9.17, 15) is 18.0 Å². The van der Waals surface area contributed by atoms with Crippen molar-refractivity contribution in [3.8, 4) is 0 Å². The summed E-state index contributed by atoms with van der Waals surface area (Å²) in [6.07, 6.45) is -2.81. The van der Waals surface area contributed by atoms with Crippen molar-refractivity contribution in [3.63, 3.8) is 0 Å². The van der Waals surface area contributed by atoms with Crippen LogP contribution < -0.4 is 5.32 Å². The van der Waals surface area contributed by atoms with Crippen LogP contribution in [0.15, 0.2) is 24.3 Å². The second kappa shape index (κ2) is 7.83. The van der Waals surface area contributed by atoms with E-state index in [2.05, 4.69) is 5.32 Å². The highest BCUT2D eigenvalue weighted by atomic mass is 32.1. The second-order valence-corrected chi connectivity index (χ2v) is 5.93. The van der Waals surface area contributed by atoms with Crippen LogP contribution in [-0.2, 0) is 15.7 Å². The number of halogens is 3. The van der Waals surface area contributed by atoms with Crippen molar-refractivity contribution < 1.29 is 22.7 Å². The van der Waals surface area contributed by atoms with Crippen molar-refractivity contribution in [2.75, 3.05) is 25.0 Å². The van der Waals surface area contributed by atoms with E-state index in [0.717, 1.165) is 25.0 Å². The minimum absolute atomic E-state index is 0.231. The molecule has 1 N–H and O–H groups in total. The average molecular weight is 360 g/mol. The fourth-order valence-corrected chi connectivity index (χ4v) is 2.84. The zero-order valence-electron chi connectivity index (χ0n) is 13.2. The van der Waals surface area contributed by atoms with Crippen molar-refractivity contribution in [3.05, 3.63) is 29.8 Å². The first-order chi connectivity index (χ1) is 11.3. The lowest BCUT2D eigenvalue weighted by Crippen LogP contribution is -2.44. The molecule has 0 bridgehead atoms. The molecule has 1 atom stereocenters. The minimum Gasteiger partial charge on any atom is -0.466 e. The lowest BCUT2D eigenvalue weighted by molar-refractivity contribution is -0.149. The smallest absolute Gasteiger partial charge is 0.416 e. The summed E-state index contributed by atoms with van der Waals surface area (Å²) in [7, 11) is 0. The summed E-state index contributed by atoms with van der Waals surface area (Å²) in [5.74, 6) is -0.467. The molecule has 1 aliphatic heterocycles. The van der Waals surface area contributed by atoms with Crippen molar-refractivity contribution in [1.82, 2.24) is 4.90 Å². The second-order valence-electron chi connectivity index (χ2n) is 5.54. The summed E-state index contributed by atoms with van der Waals surface area (Å²) in [6.45, 7) is 3.24. The minimum atomic E-state index is -4.36. The van der Waals surface area contributed by atoms with Gasteiger partial charge in [-0.05, 0) is 56.2 Å². The Morgan fingerprint density at radius 3 is 2.62 bits per heavy atom. The van der Waals surface area contributed by atoms with E-state index in [0.29, 0.717) is 30.5 Å². The Balaban J connectivity index is 1.95. The highest BCUT2D eigenvalue weighted by Gasteiger charge is 2.30. The molecule has 8 heteroatoms. The molecular formula is C16H19F3N2O2S. The van der Waals surface area contributed by atoms with Gasteiger partial charge >= 0.3 is 12.1 Å². The molecule has 1 aromatic carbocycles. The van der Waals surface area contributed by atoms with Gasteiger partial charge in [0.15, 0.2) is 5.11 Å². The fourth-order valence-electron chi connectivity index (χ4n) is 2.56. The van der Waals surface area contributed by atoms with E-state index in [4.69, 9.17) is 17.0 Å². The number of thiocarbonyl (C=S) groups is 1. The summed E-state index contributed by atoms with van der Waals surface area (Å²) >= 11 is 5.31. The molecule has 0 unspecified atom stereocenters. The van der Waals surface area contributed by atoms with Crippen LogP contribution in [0, 0.1) is 5.92 Å². The molecule has 0 spiro atoms. The van der Waals surface area contributed by atoms with Crippen LogP contribution in [0.4, 0.5) is 18.9 Å². The first-order valence-electron chi connectivity index (χ1n) is 7.71. The number of hydrogen-bond donors (Lipinski definition) is 1. The van der Waals surface area contributed by atoms with Gasteiger partial charge in [0, 0.05) is 18.8 Å². The van der Waals surface area contributed by atoms with Gasteiger partial charge in [0.1, 0.15) is 0 Å². The molecule has 1 aliphatic rings. The first-order valence-corrected chi connectivity index (χ1v) is 8.12. The Morgan fingerprint density at radius 1 is 1.38 bits per heavy atom. The molecule has 1 heterocycles. The topological polar surface area (TPSA) is 41.6 Å². The molecule has 1 aromatic rings. The van der Waals surface area contributed by atoms with Gasteiger partial charge in [0.2, 0.25) is 0 Å². The van der Waals surface area contributed by atoms with Gasteiger partial charge in [-0.25, -0.2) is 0 Å². The van der Waals surface area contributed by atoms with E-state index in [1.54, 1.807) is 6.92 Å². The van der Waals surface area contributed by atoms with Crippen LogP contribution in [0.3, 0.4) is 0 Å². The molecule has 2 rings (SSSR count). The number of anilines is 1. The van der Waals surface area contributed by atoms with Crippen molar-refractivity contribution >= 4 is 29.0 Å². The number of rotatable bonds is 3. The van der Waals surface area contributed by atoms with Crippen molar-refractivity contribution in [1.29, 1.82) is 0 Å². The van der Waals surface area contributed by atoms with Gasteiger partial charge in [-0.2, -0.15) is 13.2 Å². The third-order valence-corrected chi connectivity index (χ3v) is 4.15. The highest BCUT2D eigenvalue weighted by Crippen LogP contribution is 2.30. The lowest BCUT2D eigenvalue weighted by atomic mass is 9.98. The molecule has 1 fully saturated rings. The van der Waals surface area contributed by atoms with E-state index in [1.807, 2.05) is 4.90 Å². The fraction of sp³-hybridized carbons (Fsp3) is 0.500. The molecule has 0 saturated carbocycles. The molecule has 4 nitrogen and oxygen atoms in total. The number of piperidine rings is 1.